The summed E-state index contributed by atoms with van der Waals surface area (Å²) in [6, 6.07) is 13.0. The Hall–Kier alpha value is -1.45. The summed E-state index contributed by atoms with van der Waals surface area (Å²) in [6.45, 7) is 6.48. The molecule has 0 fully saturated rings. The maximum atomic E-state index is 11.3. The fraction of sp³-hybridized carbons (Fsp3) is 0.235. The van der Waals surface area contributed by atoms with Crippen LogP contribution in [0.15, 0.2) is 52.3 Å². The van der Waals surface area contributed by atoms with Gasteiger partial charge in [0.2, 0.25) is 0 Å². The topological polar surface area (TPSA) is 37.3 Å². The van der Waals surface area contributed by atoms with Crippen LogP contribution < -0.4 is 0 Å². The van der Waals surface area contributed by atoms with Gasteiger partial charge in [0.15, 0.2) is 0 Å². The predicted octanol–water partition coefficient (Wildman–Crippen LogP) is 5.49. The van der Waals surface area contributed by atoms with Crippen molar-refractivity contribution in [2.24, 2.45) is 0 Å². The highest BCUT2D eigenvalue weighted by Gasteiger charge is 2.14. The number of hydrogen-bond acceptors (Lipinski definition) is 2. The zero-order valence-electron chi connectivity index (χ0n) is 12.2. The highest BCUT2D eigenvalue weighted by molar-refractivity contribution is 7.99. The van der Waals surface area contributed by atoms with Crippen molar-refractivity contribution < 1.29 is 9.90 Å². The number of halogens is 1. The molecule has 0 saturated carbocycles. The molecular formula is C17H17ClO2S. The van der Waals surface area contributed by atoms with Crippen molar-refractivity contribution >= 4 is 29.3 Å². The zero-order chi connectivity index (χ0) is 15.6. The summed E-state index contributed by atoms with van der Waals surface area (Å²) in [4.78, 5) is 12.9. The van der Waals surface area contributed by atoms with E-state index in [1.165, 1.54) is 23.4 Å². The lowest BCUT2D eigenvalue weighted by Gasteiger charge is -2.19. The van der Waals surface area contributed by atoms with Crippen molar-refractivity contribution in [3.05, 3.63) is 58.6 Å². The van der Waals surface area contributed by atoms with Gasteiger partial charge in [0.25, 0.3) is 0 Å². The van der Waals surface area contributed by atoms with E-state index in [0.29, 0.717) is 9.92 Å². The van der Waals surface area contributed by atoms with Crippen LogP contribution >= 0.6 is 23.4 Å². The van der Waals surface area contributed by atoms with E-state index in [4.69, 9.17) is 11.6 Å². The molecule has 0 bridgehead atoms. The van der Waals surface area contributed by atoms with Crippen LogP contribution in [-0.2, 0) is 5.41 Å². The number of aromatic carboxylic acids is 1. The standard InChI is InChI=1S/C17H17ClO2S/c1-17(2,3)11-4-7-13(8-5-11)21-15-10-12(18)6-9-14(15)16(19)20/h4-10H,1-3H3,(H,19,20). The van der Waals surface area contributed by atoms with E-state index in [-0.39, 0.29) is 11.0 Å². The van der Waals surface area contributed by atoms with E-state index >= 15 is 0 Å². The lowest BCUT2D eigenvalue weighted by molar-refractivity contribution is 0.0693. The van der Waals surface area contributed by atoms with Gasteiger partial charge >= 0.3 is 5.97 Å². The number of hydrogen-bond donors (Lipinski definition) is 1. The van der Waals surface area contributed by atoms with E-state index in [1.807, 2.05) is 12.1 Å². The molecular weight excluding hydrogens is 304 g/mol. The zero-order valence-corrected chi connectivity index (χ0v) is 13.8. The van der Waals surface area contributed by atoms with Gasteiger partial charge in [-0.25, -0.2) is 4.79 Å². The van der Waals surface area contributed by atoms with Crippen molar-refractivity contribution in [3.8, 4) is 0 Å². The summed E-state index contributed by atoms with van der Waals surface area (Å²) in [5.41, 5.74) is 1.62. The quantitative estimate of drug-likeness (QED) is 0.812. The summed E-state index contributed by atoms with van der Waals surface area (Å²) in [5.74, 6) is -0.944. The Bertz CT molecular complexity index is 657. The number of carbonyl (C=O) groups is 1. The van der Waals surface area contributed by atoms with Gasteiger partial charge in [0.1, 0.15) is 0 Å². The van der Waals surface area contributed by atoms with Crippen LogP contribution in [0.25, 0.3) is 0 Å². The molecule has 0 heterocycles. The van der Waals surface area contributed by atoms with Gasteiger partial charge in [-0.05, 0) is 41.3 Å². The van der Waals surface area contributed by atoms with Gasteiger partial charge < -0.3 is 5.11 Å². The van der Waals surface area contributed by atoms with Crippen molar-refractivity contribution in [1.82, 2.24) is 0 Å². The van der Waals surface area contributed by atoms with Crippen LogP contribution in [0.1, 0.15) is 36.7 Å². The molecule has 2 aromatic rings. The Kier molecular flexibility index (Phi) is 4.64. The van der Waals surface area contributed by atoms with Crippen molar-refractivity contribution in [2.45, 2.75) is 36.0 Å². The Morgan fingerprint density at radius 1 is 1.10 bits per heavy atom. The van der Waals surface area contributed by atoms with Gasteiger partial charge in [0, 0.05) is 14.8 Å². The van der Waals surface area contributed by atoms with E-state index in [2.05, 4.69) is 32.9 Å². The molecule has 110 valence electrons. The summed E-state index contributed by atoms with van der Waals surface area (Å²) < 4.78 is 0. The molecule has 0 atom stereocenters. The number of rotatable bonds is 3. The van der Waals surface area contributed by atoms with Crippen molar-refractivity contribution in [2.75, 3.05) is 0 Å². The minimum atomic E-state index is -0.944. The largest absolute Gasteiger partial charge is 0.478 e. The van der Waals surface area contributed by atoms with Crippen molar-refractivity contribution in [1.29, 1.82) is 0 Å². The minimum absolute atomic E-state index is 0.103. The second-order valence-corrected chi connectivity index (χ2v) is 7.37. The first kappa shape index (κ1) is 15.9. The first-order chi connectivity index (χ1) is 9.77. The maximum absolute atomic E-state index is 11.3. The molecule has 2 rings (SSSR count). The molecule has 4 heteroatoms. The Morgan fingerprint density at radius 2 is 1.71 bits per heavy atom. The highest BCUT2D eigenvalue weighted by atomic mass is 35.5. The number of benzene rings is 2. The smallest absolute Gasteiger partial charge is 0.336 e. The average molecular weight is 321 g/mol. The molecule has 0 spiro atoms. The first-order valence-corrected chi connectivity index (χ1v) is 7.78. The monoisotopic (exact) mass is 320 g/mol. The Morgan fingerprint density at radius 3 is 2.24 bits per heavy atom. The molecule has 2 nitrogen and oxygen atoms in total. The number of carboxylic acid groups (broad SMARTS) is 1. The second-order valence-electron chi connectivity index (χ2n) is 5.82. The summed E-state index contributed by atoms with van der Waals surface area (Å²) in [5, 5.41) is 9.76. The molecule has 2 aromatic carbocycles. The Balaban J connectivity index is 2.30. The van der Waals surface area contributed by atoms with Crippen molar-refractivity contribution in [3.63, 3.8) is 0 Å². The van der Waals surface area contributed by atoms with Crippen LogP contribution in [-0.4, -0.2) is 11.1 Å². The first-order valence-electron chi connectivity index (χ1n) is 6.58. The molecule has 1 N–H and O–H groups in total. The van der Waals surface area contributed by atoms with Gasteiger partial charge in [0.05, 0.1) is 5.56 Å². The van der Waals surface area contributed by atoms with E-state index < -0.39 is 5.97 Å². The van der Waals surface area contributed by atoms with Crippen LogP contribution in [0.3, 0.4) is 0 Å². The third-order valence-corrected chi connectivity index (χ3v) is 4.42. The lowest BCUT2D eigenvalue weighted by Crippen LogP contribution is -2.10. The molecule has 0 radical (unpaired) electrons. The molecule has 0 aliphatic rings. The molecule has 0 unspecified atom stereocenters. The van der Waals surface area contributed by atoms with E-state index in [1.54, 1.807) is 12.1 Å². The third-order valence-electron chi connectivity index (χ3n) is 3.12. The summed E-state index contributed by atoms with van der Waals surface area (Å²) >= 11 is 7.38. The molecule has 0 aliphatic heterocycles. The van der Waals surface area contributed by atoms with E-state index in [0.717, 1.165) is 4.90 Å². The minimum Gasteiger partial charge on any atom is -0.478 e. The molecule has 21 heavy (non-hydrogen) atoms. The summed E-state index contributed by atoms with van der Waals surface area (Å²) in [6.07, 6.45) is 0. The van der Waals surface area contributed by atoms with E-state index in [9.17, 15) is 9.90 Å². The second kappa shape index (κ2) is 6.12. The molecule has 0 saturated heterocycles. The number of carboxylic acids is 1. The highest BCUT2D eigenvalue weighted by Crippen LogP contribution is 2.34. The summed E-state index contributed by atoms with van der Waals surface area (Å²) in [7, 11) is 0. The molecule has 0 amide bonds. The Labute approximate surface area is 134 Å². The van der Waals surface area contributed by atoms with Crippen LogP contribution in [0.2, 0.25) is 5.02 Å². The lowest BCUT2D eigenvalue weighted by atomic mass is 9.87. The SMILES string of the molecule is CC(C)(C)c1ccc(Sc2cc(Cl)ccc2C(=O)O)cc1. The van der Waals surface area contributed by atoms with Gasteiger partial charge in [-0.3, -0.25) is 0 Å². The van der Waals surface area contributed by atoms with Gasteiger partial charge in [-0.2, -0.15) is 0 Å². The van der Waals surface area contributed by atoms with Gasteiger partial charge in [-0.1, -0.05) is 56.3 Å². The fourth-order valence-electron chi connectivity index (χ4n) is 1.91. The predicted molar refractivity (Wildman–Crippen MR) is 87.7 cm³/mol. The van der Waals surface area contributed by atoms with Crippen LogP contribution in [0, 0.1) is 0 Å². The maximum Gasteiger partial charge on any atom is 0.336 e. The molecule has 0 aliphatic carbocycles. The van der Waals surface area contributed by atoms with Gasteiger partial charge in [-0.15, -0.1) is 0 Å². The van der Waals surface area contributed by atoms with Crippen LogP contribution in [0.5, 0.6) is 0 Å². The third kappa shape index (κ3) is 4.02. The molecule has 0 aromatic heterocycles. The fourth-order valence-corrected chi connectivity index (χ4v) is 3.12. The normalized spacial score (nSPS) is 11.4. The average Bonchev–Trinajstić information content (AvgIpc) is 2.38. The van der Waals surface area contributed by atoms with Crippen LogP contribution in [0.4, 0.5) is 0 Å².